The highest BCUT2D eigenvalue weighted by Crippen LogP contribution is 2.67. The monoisotopic (exact) mass is 552 g/mol. The zero-order valence-corrected chi connectivity index (χ0v) is 20.8. The molecule has 4 aromatic carbocycles. The SMILES string of the molecule is O=S1(=O)c2ccc3c4c2-c2c1ccc1c2-c2c(ccc5c2-c2c(ccc(c2-4)S3(=O)=O)S5(=O)=O)S1(=O)=O. The van der Waals surface area contributed by atoms with Crippen LogP contribution in [0.3, 0.4) is 0 Å². The Hall–Kier alpha value is -3.32. The Morgan fingerprint density at radius 1 is 0.250 bits per heavy atom. The molecule has 4 heterocycles. The molecule has 0 atom stereocenters. The van der Waals surface area contributed by atoms with Gasteiger partial charge in [0.1, 0.15) is 0 Å². The standard InChI is InChI=1S/C24H8O8S4/c25-33(26)9-1-2-10-18-17(9)19-11(33)3-4-13-21(19)23-15(35(13,29)30)7-8-16-24(23)22-14(36(16,31)32)6-5-12(20(18)22)34(10,27)28/h1-8H. The molecule has 8 nitrogen and oxygen atoms in total. The highest BCUT2D eigenvalue weighted by Gasteiger charge is 2.53. The number of sulfone groups is 4. The molecule has 0 spiro atoms. The van der Waals surface area contributed by atoms with E-state index in [1.807, 2.05) is 0 Å². The van der Waals surface area contributed by atoms with Crippen molar-refractivity contribution in [2.45, 2.75) is 39.2 Å². The van der Waals surface area contributed by atoms with Crippen molar-refractivity contribution in [3.63, 3.8) is 0 Å². The second kappa shape index (κ2) is 5.07. The maximum Gasteiger partial charge on any atom is 0.207 e. The summed E-state index contributed by atoms with van der Waals surface area (Å²) in [6.45, 7) is 0. The van der Waals surface area contributed by atoms with Crippen molar-refractivity contribution in [1.82, 2.24) is 0 Å². The van der Waals surface area contributed by atoms with Crippen LogP contribution in [0.1, 0.15) is 0 Å². The van der Waals surface area contributed by atoms with E-state index in [2.05, 4.69) is 0 Å². The minimum atomic E-state index is -4.10. The third kappa shape index (κ3) is 1.63. The predicted octanol–water partition coefficient (Wildman–Crippen LogP) is 3.25. The first-order chi connectivity index (χ1) is 16.9. The van der Waals surface area contributed by atoms with Crippen LogP contribution in [0.2, 0.25) is 0 Å². The van der Waals surface area contributed by atoms with E-state index >= 15 is 0 Å². The van der Waals surface area contributed by atoms with Gasteiger partial charge in [0.15, 0.2) is 0 Å². The molecule has 0 unspecified atom stereocenters. The molecule has 1 aliphatic carbocycles. The van der Waals surface area contributed by atoms with Gasteiger partial charge in [-0.2, -0.15) is 0 Å². The van der Waals surface area contributed by atoms with Gasteiger partial charge in [-0.1, -0.05) is 0 Å². The molecule has 0 fully saturated rings. The highest BCUT2D eigenvalue weighted by atomic mass is 32.2. The van der Waals surface area contributed by atoms with Gasteiger partial charge in [0.25, 0.3) is 0 Å². The van der Waals surface area contributed by atoms with E-state index in [4.69, 9.17) is 0 Å². The first kappa shape index (κ1) is 19.8. The van der Waals surface area contributed by atoms with E-state index in [0.717, 1.165) is 0 Å². The summed E-state index contributed by atoms with van der Waals surface area (Å²) in [6, 6.07) is 9.89. The van der Waals surface area contributed by atoms with Crippen LogP contribution in [0.15, 0.2) is 87.7 Å². The van der Waals surface area contributed by atoms with Crippen LogP contribution in [-0.2, 0) is 39.3 Å². The van der Waals surface area contributed by atoms with Gasteiger partial charge in [-0.3, -0.25) is 0 Å². The largest absolute Gasteiger partial charge is 0.218 e. The summed E-state index contributed by atoms with van der Waals surface area (Å²) >= 11 is 0. The number of rotatable bonds is 0. The fourth-order valence-corrected chi connectivity index (χ4v) is 13.2. The zero-order chi connectivity index (χ0) is 24.9. The van der Waals surface area contributed by atoms with Crippen molar-refractivity contribution in [2.24, 2.45) is 0 Å². The molecule has 4 aromatic rings. The van der Waals surface area contributed by atoms with Crippen LogP contribution in [0.4, 0.5) is 0 Å². The van der Waals surface area contributed by atoms with E-state index in [9.17, 15) is 33.7 Å². The van der Waals surface area contributed by atoms with Crippen LogP contribution in [-0.4, -0.2) is 33.7 Å². The lowest BCUT2D eigenvalue weighted by Crippen LogP contribution is -2.00. The van der Waals surface area contributed by atoms with E-state index in [-0.39, 0.29) is 83.7 Å². The van der Waals surface area contributed by atoms with Crippen molar-refractivity contribution in [3.8, 4) is 44.5 Å². The van der Waals surface area contributed by atoms with Crippen LogP contribution < -0.4 is 0 Å². The zero-order valence-electron chi connectivity index (χ0n) is 17.5. The van der Waals surface area contributed by atoms with Crippen molar-refractivity contribution in [2.75, 3.05) is 0 Å². The summed E-state index contributed by atoms with van der Waals surface area (Å²) in [4.78, 5) is -1.03. The molecular formula is C24H8O8S4. The summed E-state index contributed by atoms with van der Waals surface area (Å²) in [5.41, 5.74) is 0.878. The van der Waals surface area contributed by atoms with Crippen molar-refractivity contribution in [3.05, 3.63) is 48.5 Å². The lowest BCUT2D eigenvalue weighted by atomic mass is 9.81. The maximum atomic E-state index is 13.6. The van der Waals surface area contributed by atoms with Crippen molar-refractivity contribution >= 4 is 39.3 Å². The molecule has 5 aliphatic rings. The third-order valence-electron chi connectivity index (χ3n) is 7.83. The first-order valence-corrected chi connectivity index (χ1v) is 16.5. The van der Waals surface area contributed by atoms with Gasteiger partial charge in [0, 0.05) is 44.5 Å². The number of hydrogen-bond acceptors (Lipinski definition) is 8. The molecule has 36 heavy (non-hydrogen) atoms. The normalized spacial score (nSPS) is 20.9. The Kier molecular flexibility index (Phi) is 2.79. The lowest BCUT2D eigenvalue weighted by molar-refractivity contribution is 0.594. The van der Waals surface area contributed by atoms with Crippen molar-refractivity contribution in [1.29, 1.82) is 0 Å². The topological polar surface area (TPSA) is 137 Å². The van der Waals surface area contributed by atoms with Crippen LogP contribution in [0.5, 0.6) is 0 Å². The minimum Gasteiger partial charge on any atom is -0.218 e. The molecule has 0 amide bonds. The minimum absolute atomic E-state index is 0.110. The molecule has 0 bridgehead atoms. The highest BCUT2D eigenvalue weighted by molar-refractivity contribution is 7.93. The smallest absolute Gasteiger partial charge is 0.207 e. The number of benzene rings is 4. The fraction of sp³-hybridized carbons (Fsp3) is 0. The molecule has 4 aliphatic heterocycles. The molecule has 9 rings (SSSR count). The summed E-state index contributed by atoms with van der Waals surface area (Å²) in [7, 11) is -16.4. The summed E-state index contributed by atoms with van der Waals surface area (Å²) < 4.78 is 109. The van der Waals surface area contributed by atoms with E-state index in [0.29, 0.717) is 0 Å². The Morgan fingerprint density at radius 2 is 0.361 bits per heavy atom. The first-order valence-electron chi connectivity index (χ1n) is 10.6. The molecular weight excluding hydrogens is 545 g/mol. The van der Waals surface area contributed by atoms with Gasteiger partial charge in [-0.05, 0) is 48.5 Å². The van der Waals surface area contributed by atoms with Gasteiger partial charge in [-0.25, -0.2) is 33.7 Å². The Balaban J connectivity index is 1.75. The van der Waals surface area contributed by atoms with Gasteiger partial charge >= 0.3 is 0 Å². The van der Waals surface area contributed by atoms with Gasteiger partial charge in [0.2, 0.25) is 39.3 Å². The average molecular weight is 553 g/mol. The molecule has 0 saturated heterocycles. The van der Waals surface area contributed by atoms with E-state index in [1.54, 1.807) is 0 Å². The fourth-order valence-electron chi connectivity index (χ4n) is 6.51. The number of hydrogen-bond donors (Lipinski definition) is 0. The average Bonchev–Trinajstić information content (AvgIpc) is 3.39. The van der Waals surface area contributed by atoms with Crippen LogP contribution in [0.25, 0.3) is 44.5 Å². The Morgan fingerprint density at radius 3 is 0.472 bits per heavy atom. The summed E-state index contributed by atoms with van der Waals surface area (Å²) in [5, 5.41) is 0. The predicted molar refractivity (Wildman–Crippen MR) is 124 cm³/mol. The molecule has 12 heteroatoms. The van der Waals surface area contributed by atoms with Gasteiger partial charge in [-0.15, -0.1) is 0 Å². The summed E-state index contributed by atoms with van der Waals surface area (Å²) in [5.74, 6) is 0. The van der Waals surface area contributed by atoms with Crippen molar-refractivity contribution < 1.29 is 33.7 Å². The van der Waals surface area contributed by atoms with Gasteiger partial charge in [0.05, 0.1) is 39.2 Å². The summed E-state index contributed by atoms with van der Waals surface area (Å²) in [6.07, 6.45) is 0. The van der Waals surface area contributed by atoms with E-state index in [1.165, 1.54) is 48.5 Å². The second-order valence-electron chi connectivity index (χ2n) is 9.26. The Labute approximate surface area is 204 Å². The molecule has 176 valence electrons. The van der Waals surface area contributed by atoms with Gasteiger partial charge < -0.3 is 0 Å². The maximum absolute atomic E-state index is 13.6. The Bertz CT molecular complexity index is 1890. The molecule has 0 saturated carbocycles. The molecule has 0 aromatic heterocycles. The molecule has 0 N–H and O–H groups in total. The van der Waals surface area contributed by atoms with Crippen LogP contribution >= 0.6 is 0 Å². The van der Waals surface area contributed by atoms with E-state index < -0.39 is 39.3 Å². The second-order valence-corrected chi connectivity index (χ2v) is 16.8. The quantitative estimate of drug-likeness (QED) is 0.280. The molecule has 0 radical (unpaired) electrons. The van der Waals surface area contributed by atoms with Crippen LogP contribution in [0, 0.1) is 0 Å². The lowest BCUT2D eigenvalue weighted by Gasteiger charge is -2.18. The third-order valence-corrected chi connectivity index (χ3v) is 15.2.